The summed E-state index contributed by atoms with van der Waals surface area (Å²) in [5.74, 6) is -0.0793. The lowest BCUT2D eigenvalue weighted by Gasteiger charge is -2.19. The summed E-state index contributed by atoms with van der Waals surface area (Å²) in [6, 6.07) is -0.636. The van der Waals surface area contributed by atoms with Crippen LogP contribution in [-0.4, -0.2) is 34.9 Å². The van der Waals surface area contributed by atoms with Gasteiger partial charge in [0.25, 0.3) is 0 Å². The van der Waals surface area contributed by atoms with Crippen LogP contribution in [0.25, 0.3) is 0 Å². The predicted molar refractivity (Wildman–Crippen MR) is 188 cm³/mol. The van der Waals surface area contributed by atoms with Crippen molar-refractivity contribution < 1.29 is 15.0 Å². The SMILES string of the molecule is CCCCCC/C=C/CC/C=C/C(O)C(CO)NC(=O)CCCCCCCCCCC/C=C\CCCCCCCCCC. The van der Waals surface area contributed by atoms with Crippen molar-refractivity contribution in [2.75, 3.05) is 6.61 Å². The number of carbonyl (C=O) groups is 1. The number of aliphatic hydroxyl groups excluding tert-OH is 2. The molecular weight excluding hydrogens is 530 g/mol. The van der Waals surface area contributed by atoms with Crippen LogP contribution in [0, 0.1) is 0 Å². The summed E-state index contributed by atoms with van der Waals surface area (Å²) < 4.78 is 0. The van der Waals surface area contributed by atoms with Gasteiger partial charge in [-0.05, 0) is 57.8 Å². The maximum Gasteiger partial charge on any atom is 0.220 e. The summed E-state index contributed by atoms with van der Waals surface area (Å²) in [5, 5.41) is 22.8. The van der Waals surface area contributed by atoms with Gasteiger partial charge in [-0.25, -0.2) is 0 Å². The Morgan fingerprint density at radius 3 is 1.37 bits per heavy atom. The zero-order valence-corrected chi connectivity index (χ0v) is 28.7. The fourth-order valence-corrected chi connectivity index (χ4v) is 5.42. The Bertz CT molecular complexity index is 657. The number of nitrogens with one attached hydrogen (secondary N) is 1. The van der Waals surface area contributed by atoms with Gasteiger partial charge >= 0.3 is 0 Å². The van der Waals surface area contributed by atoms with Gasteiger partial charge in [0.05, 0.1) is 18.8 Å². The highest BCUT2D eigenvalue weighted by Gasteiger charge is 2.17. The van der Waals surface area contributed by atoms with E-state index in [9.17, 15) is 15.0 Å². The van der Waals surface area contributed by atoms with Crippen LogP contribution in [0.5, 0.6) is 0 Å². The highest BCUT2D eigenvalue weighted by Crippen LogP contribution is 2.13. The number of hydrogen-bond donors (Lipinski definition) is 3. The molecule has 0 aromatic rings. The van der Waals surface area contributed by atoms with E-state index in [4.69, 9.17) is 0 Å². The largest absolute Gasteiger partial charge is 0.394 e. The van der Waals surface area contributed by atoms with Crippen molar-refractivity contribution in [2.45, 2.75) is 199 Å². The molecule has 0 bridgehead atoms. The third-order valence-corrected chi connectivity index (χ3v) is 8.35. The Balaban J connectivity index is 3.58. The first-order valence-corrected chi connectivity index (χ1v) is 18.7. The molecule has 0 heterocycles. The van der Waals surface area contributed by atoms with Crippen molar-refractivity contribution in [3.8, 4) is 0 Å². The lowest BCUT2D eigenvalue weighted by Crippen LogP contribution is -2.45. The van der Waals surface area contributed by atoms with Crippen LogP contribution in [0.1, 0.15) is 187 Å². The van der Waals surface area contributed by atoms with Gasteiger partial charge in [0, 0.05) is 6.42 Å². The monoisotopic (exact) mass is 604 g/mol. The van der Waals surface area contributed by atoms with E-state index in [-0.39, 0.29) is 12.5 Å². The quantitative estimate of drug-likeness (QED) is 0.0516. The van der Waals surface area contributed by atoms with Crippen LogP contribution < -0.4 is 5.32 Å². The van der Waals surface area contributed by atoms with E-state index in [1.54, 1.807) is 6.08 Å². The number of allylic oxidation sites excluding steroid dienone is 5. The first-order valence-electron chi connectivity index (χ1n) is 18.7. The van der Waals surface area contributed by atoms with Crippen molar-refractivity contribution in [2.24, 2.45) is 0 Å². The summed E-state index contributed by atoms with van der Waals surface area (Å²) in [7, 11) is 0. The van der Waals surface area contributed by atoms with Gasteiger partial charge in [-0.15, -0.1) is 0 Å². The van der Waals surface area contributed by atoms with Crippen LogP contribution in [0.3, 0.4) is 0 Å². The molecule has 3 N–H and O–H groups in total. The van der Waals surface area contributed by atoms with Gasteiger partial charge in [-0.3, -0.25) is 4.79 Å². The minimum atomic E-state index is -0.859. The minimum absolute atomic E-state index is 0.0793. The van der Waals surface area contributed by atoms with E-state index in [2.05, 4.69) is 43.5 Å². The van der Waals surface area contributed by atoms with E-state index in [0.717, 1.165) is 32.1 Å². The summed E-state index contributed by atoms with van der Waals surface area (Å²) in [5.41, 5.74) is 0. The van der Waals surface area contributed by atoms with E-state index in [0.29, 0.717) is 6.42 Å². The van der Waals surface area contributed by atoms with E-state index in [1.807, 2.05) is 6.08 Å². The van der Waals surface area contributed by atoms with Crippen LogP contribution in [0.15, 0.2) is 36.5 Å². The van der Waals surface area contributed by atoms with Crippen molar-refractivity contribution in [3.05, 3.63) is 36.5 Å². The van der Waals surface area contributed by atoms with Crippen molar-refractivity contribution >= 4 is 5.91 Å². The number of unbranched alkanes of at least 4 members (excludes halogenated alkanes) is 22. The smallest absolute Gasteiger partial charge is 0.220 e. The zero-order chi connectivity index (χ0) is 31.5. The highest BCUT2D eigenvalue weighted by atomic mass is 16.3. The molecule has 0 saturated heterocycles. The molecule has 0 rings (SSSR count). The van der Waals surface area contributed by atoms with E-state index >= 15 is 0 Å². The molecule has 0 aromatic carbocycles. The average Bonchev–Trinajstić information content (AvgIpc) is 3.01. The van der Waals surface area contributed by atoms with E-state index < -0.39 is 12.1 Å². The molecule has 0 saturated carbocycles. The van der Waals surface area contributed by atoms with Gasteiger partial charge in [-0.1, -0.05) is 159 Å². The Morgan fingerprint density at radius 2 is 0.907 bits per heavy atom. The normalized spacial score (nSPS) is 13.5. The third kappa shape index (κ3) is 31.8. The number of hydrogen-bond acceptors (Lipinski definition) is 3. The van der Waals surface area contributed by atoms with Crippen LogP contribution in [0.4, 0.5) is 0 Å². The molecular formula is C39H73NO3. The third-order valence-electron chi connectivity index (χ3n) is 8.35. The molecule has 252 valence electrons. The summed E-state index contributed by atoms with van der Waals surface area (Å²) in [6.07, 6.45) is 45.2. The van der Waals surface area contributed by atoms with Gasteiger partial charge in [0.1, 0.15) is 0 Å². The van der Waals surface area contributed by atoms with Crippen molar-refractivity contribution in [1.82, 2.24) is 5.32 Å². The topological polar surface area (TPSA) is 69.6 Å². The summed E-state index contributed by atoms with van der Waals surface area (Å²) in [6.45, 7) is 4.25. The molecule has 0 aliphatic rings. The number of aliphatic hydroxyl groups is 2. The highest BCUT2D eigenvalue weighted by molar-refractivity contribution is 5.76. The van der Waals surface area contributed by atoms with Crippen molar-refractivity contribution in [3.63, 3.8) is 0 Å². The van der Waals surface area contributed by atoms with Crippen LogP contribution in [0.2, 0.25) is 0 Å². The maximum atomic E-state index is 12.3. The first kappa shape index (κ1) is 41.6. The van der Waals surface area contributed by atoms with Crippen LogP contribution in [-0.2, 0) is 4.79 Å². The molecule has 0 aliphatic carbocycles. The molecule has 0 spiro atoms. The van der Waals surface area contributed by atoms with Gasteiger partial charge in [-0.2, -0.15) is 0 Å². The number of amides is 1. The standard InChI is InChI=1S/C39H73NO3/c1-3-5-7-9-11-13-15-16-17-18-19-20-21-22-23-24-25-27-29-31-33-35-39(43)40-37(36-41)38(42)34-32-30-28-26-14-12-10-8-6-4-2/h14,18-19,26,32,34,37-38,41-42H,3-13,15-17,20-25,27-31,33,35-36H2,1-2H3,(H,40,43)/b19-18-,26-14+,34-32+. The van der Waals surface area contributed by atoms with E-state index in [1.165, 1.54) is 135 Å². The molecule has 0 aliphatic heterocycles. The lowest BCUT2D eigenvalue weighted by molar-refractivity contribution is -0.123. The number of carbonyl (C=O) groups excluding carboxylic acids is 1. The second kappa shape index (κ2) is 35.1. The van der Waals surface area contributed by atoms with Crippen LogP contribution >= 0.6 is 0 Å². The molecule has 4 heteroatoms. The Hall–Kier alpha value is -1.39. The molecule has 0 aromatic heterocycles. The summed E-state index contributed by atoms with van der Waals surface area (Å²) >= 11 is 0. The molecule has 1 amide bonds. The molecule has 0 fully saturated rings. The fraction of sp³-hybridized carbons (Fsp3) is 0.821. The molecule has 2 atom stereocenters. The molecule has 0 radical (unpaired) electrons. The Kier molecular flexibility index (Phi) is 34.0. The fourth-order valence-electron chi connectivity index (χ4n) is 5.42. The maximum absolute atomic E-state index is 12.3. The second-order valence-electron chi connectivity index (χ2n) is 12.6. The Labute approximate surface area is 268 Å². The number of rotatable bonds is 33. The zero-order valence-electron chi connectivity index (χ0n) is 28.7. The lowest BCUT2D eigenvalue weighted by atomic mass is 10.0. The minimum Gasteiger partial charge on any atom is -0.394 e. The molecule has 4 nitrogen and oxygen atoms in total. The average molecular weight is 604 g/mol. The van der Waals surface area contributed by atoms with Gasteiger partial charge in [0.2, 0.25) is 5.91 Å². The second-order valence-corrected chi connectivity index (χ2v) is 12.6. The molecule has 43 heavy (non-hydrogen) atoms. The van der Waals surface area contributed by atoms with Crippen molar-refractivity contribution in [1.29, 1.82) is 0 Å². The summed E-state index contributed by atoms with van der Waals surface area (Å²) in [4.78, 5) is 12.3. The van der Waals surface area contributed by atoms with Gasteiger partial charge in [0.15, 0.2) is 0 Å². The van der Waals surface area contributed by atoms with Gasteiger partial charge < -0.3 is 15.5 Å². The first-order chi connectivity index (χ1) is 21.2. The Morgan fingerprint density at radius 1 is 0.535 bits per heavy atom. The predicted octanol–water partition coefficient (Wildman–Crippen LogP) is 11.1. The molecule has 2 unspecified atom stereocenters.